The summed E-state index contributed by atoms with van der Waals surface area (Å²) >= 11 is 0. The number of piperidine rings is 1. The average Bonchev–Trinajstić information content (AvgIpc) is 3.20. The quantitative estimate of drug-likeness (QED) is 0.662. The van der Waals surface area contributed by atoms with Crippen molar-refractivity contribution in [2.75, 3.05) is 39.6 Å². The first-order chi connectivity index (χ1) is 17.2. The number of hydrogen-bond acceptors (Lipinski definition) is 5. The van der Waals surface area contributed by atoms with E-state index in [1.54, 1.807) is 6.08 Å². The van der Waals surface area contributed by atoms with Crippen LogP contribution >= 0.6 is 0 Å². The van der Waals surface area contributed by atoms with Crippen LogP contribution in [0.4, 0.5) is 5.69 Å². The van der Waals surface area contributed by atoms with Gasteiger partial charge in [0.1, 0.15) is 6.10 Å². The molecule has 1 saturated carbocycles. The molecule has 1 amide bonds. The molecule has 2 aromatic carbocycles. The third-order valence-electron chi connectivity index (χ3n) is 9.46. The number of anilines is 1. The Bertz CT molecular complexity index is 1250. The van der Waals surface area contributed by atoms with Crippen LogP contribution in [-0.4, -0.2) is 73.7 Å². The molecule has 36 heavy (non-hydrogen) atoms. The number of ether oxygens (including phenoxy) is 1. The molecule has 1 saturated heterocycles. The van der Waals surface area contributed by atoms with Crippen LogP contribution in [0.5, 0.6) is 11.5 Å². The number of amides is 1. The molecule has 6 rings (SSSR count). The minimum atomic E-state index is -0.165. The molecular weight excluding hydrogens is 450 g/mol. The molecule has 0 unspecified atom stereocenters. The van der Waals surface area contributed by atoms with E-state index in [9.17, 15) is 9.90 Å². The van der Waals surface area contributed by atoms with Crippen molar-refractivity contribution in [3.8, 4) is 11.5 Å². The van der Waals surface area contributed by atoms with Crippen molar-refractivity contribution in [1.29, 1.82) is 0 Å². The molecule has 2 aliphatic carbocycles. The predicted octanol–water partition coefficient (Wildman–Crippen LogP) is 3.98. The van der Waals surface area contributed by atoms with Gasteiger partial charge in [0.25, 0.3) is 0 Å². The van der Waals surface area contributed by atoms with Crippen molar-refractivity contribution in [2.45, 2.75) is 56.2 Å². The van der Waals surface area contributed by atoms with E-state index in [1.165, 1.54) is 16.7 Å². The van der Waals surface area contributed by atoms with Crippen LogP contribution in [0.15, 0.2) is 36.4 Å². The van der Waals surface area contributed by atoms with Gasteiger partial charge in [0.05, 0.1) is 6.04 Å². The van der Waals surface area contributed by atoms with Crippen molar-refractivity contribution in [1.82, 2.24) is 9.80 Å². The van der Waals surface area contributed by atoms with Gasteiger partial charge in [0.15, 0.2) is 11.5 Å². The van der Waals surface area contributed by atoms with Gasteiger partial charge in [-0.25, -0.2) is 0 Å². The molecule has 6 nitrogen and oxygen atoms in total. The van der Waals surface area contributed by atoms with Gasteiger partial charge in [0.2, 0.25) is 5.91 Å². The van der Waals surface area contributed by atoms with E-state index in [2.05, 4.69) is 35.9 Å². The van der Waals surface area contributed by atoms with Gasteiger partial charge in [-0.05, 0) is 69.3 Å². The second kappa shape index (κ2) is 8.27. The number of aromatic hydroxyl groups is 1. The van der Waals surface area contributed by atoms with Crippen molar-refractivity contribution < 1.29 is 14.6 Å². The van der Waals surface area contributed by atoms with Gasteiger partial charge < -0.3 is 24.5 Å². The zero-order valence-corrected chi connectivity index (χ0v) is 22.0. The molecule has 4 aliphatic rings. The van der Waals surface area contributed by atoms with Crippen LogP contribution in [0.25, 0.3) is 6.08 Å². The minimum Gasteiger partial charge on any atom is -0.504 e. The molecule has 2 bridgehead atoms. The highest BCUT2D eigenvalue weighted by atomic mass is 16.5. The maximum absolute atomic E-state index is 13.4. The summed E-state index contributed by atoms with van der Waals surface area (Å²) in [5.74, 6) is 1.35. The Labute approximate surface area is 214 Å². The third-order valence-corrected chi connectivity index (χ3v) is 9.46. The molecule has 2 heterocycles. The summed E-state index contributed by atoms with van der Waals surface area (Å²) in [6, 6.07) is 10.5. The van der Waals surface area contributed by atoms with Crippen LogP contribution in [0.1, 0.15) is 41.5 Å². The molecule has 6 heteroatoms. The summed E-state index contributed by atoms with van der Waals surface area (Å²) in [6.45, 7) is 3.06. The number of carbonyl (C=O) groups is 1. The molecule has 5 atom stereocenters. The minimum absolute atomic E-state index is 0.00498. The van der Waals surface area contributed by atoms with E-state index in [-0.39, 0.29) is 29.2 Å². The second-order valence-electron chi connectivity index (χ2n) is 11.5. The molecular formula is C30H37N3O3. The first-order valence-electron chi connectivity index (χ1n) is 13.2. The first-order valence-corrected chi connectivity index (χ1v) is 13.2. The van der Waals surface area contributed by atoms with E-state index in [0.717, 1.165) is 43.5 Å². The van der Waals surface area contributed by atoms with E-state index in [0.29, 0.717) is 17.7 Å². The lowest BCUT2D eigenvalue weighted by Gasteiger charge is -2.60. The maximum Gasteiger partial charge on any atom is 0.246 e. The Hall–Kier alpha value is -2.99. The Morgan fingerprint density at radius 1 is 1.22 bits per heavy atom. The number of benzene rings is 2. The molecule has 2 fully saturated rings. The lowest BCUT2D eigenvalue weighted by molar-refractivity contribution is -0.134. The Balaban J connectivity index is 1.39. The first kappa shape index (κ1) is 23.4. The maximum atomic E-state index is 13.4. The van der Waals surface area contributed by atoms with Crippen LogP contribution in [-0.2, 0) is 16.6 Å². The van der Waals surface area contributed by atoms with Crippen molar-refractivity contribution in [3.05, 3.63) is 58.7 Å². The highest BCUT2D eigenvalue weighted by molar-refractivity contribution is 5.92. The monoisotopic (exact) mass is 487 g/mol. The molecule has 0 radical (unpaired) electrons. The fraction of sp³-hybridized carbons (Fsp3) is 0.500. The number of hydrogen-bond donors (Lipinski definition) is 1. The highest BCUT2D eigenvalue weighted by Gasteiger charge is 2.66. The summed E-state index contributed by atoms with van der Waals surface area (Å²) in [5.41, 5.74) is 5.67. The van der Waals surface area contributed by atoms with Crippen molar-refractivity contribution >= 4 is 17.7 Å². The number of carbonyl (C=O) groups excluding carboxylic acids is 1. The number of likely N-dealkylation sites (tertiary alicyclic amines) is 1. The topological polar surface area (TPSA) is 56.2 Å². The second-order valence-corrected chi connectivity index (χ2v) is 11.5. The molecule has 2 aromatic rings. The Morgan fingerprint density at radius 3 is 2.78 bits per heavy atom. The summed E-state index contributed by atoms with van der Waals surface area (Å²) in [7, 11) is 8.26. The summed E-state index contributed by atoms with van der Waals surface area (Å²) in [6.07, 6.45) is 7.38. The van der Waals surface area contributed by atoms with Gasteiger partial charge in [-0.3, -0.25) is 4.79 Å². The van der Waals surface area contributed by atoms with Crippen LogP contribution in [0, 0.1) is 12.8 Å². The highest BCUT2D eigenvalue weighted by Crippen LogP contribution is 2.65. The molecule has 2 aliphatic heterocycles. The van der Waals surface area contributed by atoms with Crippen LogP contribution < -0.4 is 9.64 Å². The largest absolute Gasteiger partial charge is 0.504 e. The standard InChI is InChI=1S/C30H37N3O3/c1-18-7-6-8-19(15-18)9-12-26(35)33(5)22-11-10-21-24-16-20-23(31(2)3)17-25(34)28-27(20)30(21,29(22)36-28)13-14-32(24)4/h6-9,12,15,17,21-22,24,29,34H,10-11,13-14,16H2,1-5H3/t21-,22-,24+,29-,30-/m0/s1. The Morgan fingerprint density at radius 2 is 2.03 bits per heavy atom. The van der Waals surface area contributed by atoms with Gasteiger partial charge >= 0.3 is 0 Å². The lowest BCUT2D eigenvalue weighted by Crippen LogP contribution is -2.68. The number of phenols is 1. The van der Waals surface area contributed by atoms with Crippen LogP contribution in [0.2, 0.25) is 0 Å². The zero-order valence-electron chi connectivity index (χ0n) is 22.0. The van der Waals surface area contributed by atoms with Gasteiger partial charge in [0, 0.05) is 56.0 Å². The smallest absolute Gasteiger partial charge is 0.246 e. The van der Waals surface area contributed by atoms with Crippen molar-refractivity contribution in [3.63, 3.8) is 0 Å². The van der Waals surface area contributed by atoms with Gasteiger partial charge in [-0.1, -0.05) is 29.8 Å². The van der Waals surface area contributed by atoms with Gasteiger partial charge in [-0.2, -0.15) is 0 Å². The molecule has 190 valence electrons. The van der Waals surface area contributed by atoms with E-state index >= 15 is 0 Å². The molecule has 0 aromatic heterocycles. The normalized spacial score (nSPS) is 30.1. The lowest BCUT2D eigenvalue weighted by atomic mass is 9.51. The Kier molecular flexibility index (Phi) is 5.38. The van der Waals surface area contributed by atoms with E-state index in [4.69, 9.17) is 4.74 Å². The number of rotatable bonds is 4. The summed E-state index contributed by atoms with van der Waals surface area (Å²) in [4.78, 5) is 19.9. The van der Waals surface area contributed by atoms with Crippen LogP contribution in [0.3, 0.4) is 0 Å². The number of likely N-dealkylation sites (N-methyl/N-ethyl adjacent to an activating group) is 2. The van der Waals surface area contributed by atoms with E-state index < -0.39 is 0 Å². The average molecular weight is 488 g/mol. The number of nitrogens with zero attached hydrogens (tertiary/aromatic N) is 3. The third kappa shape index (κ3) is 3.23. The molecule has 1 N–H and O–H groups in total. The van der Waals surface area contributed by atoms with Crippen molar-refractivity contribution in [2.24, 2.45) is 5.92 Å². The SMILES string of the molecule is Cc1cccc(C=CC(=O)N(C)[C@H]2CC[C@H]3[C@H]4Cc5c(N(C)C)cc(O)c6c5[C@@]3(CCN4C)[C@H]2O6)c1. The predicted molar refractivity (Wildman–Crippen MR) is 143 cm³/mol. The fourth-order valence-electron chi connectivity index (χ4n) is 7.79. The van der Waals surface area contributed by atoms with Gasteiger partial charge in [-0.15, -0.1) is 0 Å². The number of phenolic OH excluding ortho intramolecular Hbond substituents is 1. The zero-order chi connectivity index (χ0) is 25.4. The van der Waals surface area contributed by atoms with E-state index in [1.807, 2.05) is 50.3 Å². The summed E-state index contributed by atoms with van der Waals surface area (Å²) in [5, 5.41) is 11.1. The fourth-order valence-corrected chi connectivity index (χ4v) is 7.79. The number of aryl methyl sites for hydroxylation is 1. The summed E-state index contributed by atoms with van der Waals surface area (Å²) < 4.78 is 6.74. The molecule has 1 spiro atoms.